The summed E-state index contributed by atoms with van der Waals surface area (Å²) in [4.78, 5) is 51.9. The molecule has 0 heterocycles. The Labute approximate surface area is 184 Å². The van der Waals surface area contributed by atoms with Crippen LogP contribution in [0.3, 0.4) is 0 Å². The maximum atomic E-state index is 12.9. The number of carbonyl (C=O) groups excluding carboxylic acids is 4. The number of aliphatic hydroxyl groups is 2. The molecule has 0 aromatic heterocycles. The molecule has 7 N–H and O–H groups in total. The highest BCUT2D eigenvalue weighted by molar-refractivity contribution is 5.91. The minimum absolute atomic E-state index is 0.275. The minimum atomic E-state index is -1.28. The molecule has 0 aromatic rings. The topological polar surface area (TPSA) is 179 Å². The average molecular weight is 446 g/mol. The van der Waals surface area contributed by atoms with Crippen LogP contribution < -0.4 is 16.8 Å². The lowest BCUT2D eigenvalue weighted by molar-refractivity contribution is -0.144. The lowest BCUT2D eigenvalue weighted by atomic mass is 10.1. The lowest BCUT2D eigenvalue weighted by Gasteiger charge is -2.30. The highest BCUT2D eigenvalue weighted by Gasteiger charge is 2.29. The summed E-state index contributed by atoms with van der Waals surface area (Å²) in [6, 6.07) is -2.43. The summed E-state index contributed by atoms with van der Waals surface area (Å²) in [5.74, 6) is -2.54. The summed E-state index contributed by atoms with van der Waals surface area (Å²) in [5, 5.41) is 21.6. The normalized spacial score (nSPS) is 14.8. The second-order valence-electron chi connectivity index (χ2n) is 7.74. The zero-order valence-electron chi connectivity index (χ0n) is 19.0. The van der Waals surface area contributed by atoms with Crippen LogP contribution in [0.2, 0.25) is 0 Å². The first kappa shape index (κ1) is 28.8. The highest BCUT2D eigenvalue weighted by atomic mass is 16.3. The van der Waals surface area contributed by atoms with Crippen molar-refractivity contribution in [1.82, 2.24) is 15.1 Å². The second-order valence-corrected chi connectivity index (χ2v) is 7.74. The highest BCUT2D eigenvalue weighted by Crippen LogP contribution is 2.05. The molecule has 0 rings (SSSR count). The molecule has 11 heteroatoms. The molecule has 31 heavy (non-hydrogen) atoms. The molecular weight excluding hydrogens is 406 g/mol. The molecule has 0 aliphatic heterocycles. The third kappa shape index (κ3) is 10.6. The number of nitrogens with two attached hydrogens (primary N) is 2. The van der Waals surface area contributed by atoms with Crippen LogP contribution in [0.15, 0.2) is 0 Å². The van der Waals surface area contributed by atoms with E-state index >= 15 is 0 Å². The first-order valence-corrected chi connectivity index (χ1v) is 10.7. The van der Waals surface area contributed by atoms with Gasteiger partial charge in [0, 0.05) is 13.1 Å². The summed E-state index contributed by atoms with van der Waals surface area (Å²) < 4.78 is 0. The first-order chi connectivity index (χ1) is 14.5. The number of rotatable bonds is 15. The summed E-state index contributed by atoms with van der Waals surface area (Å²) in [6.07, 6.45) is 0.581. The molecule has 0 saturated carbocycles. The monoisotopic (exact) mass is 445 g/mol. The third-order valence-corrected chi connectivity index (χ3v) is 4.80. The van der Waals surface area contributed by atoms with Gasteiger partial charge in [0.05, 0.1) is 25.3 Å². The van der Waals surface area contributed by atoms with Crippen molar-refractivity contribution in [3.05, 3.63) is 0 Å². The fourth-order valence-corrected chi connectivity index (χ4v) is 2.76. The predicted molar refractivity (Wildman–Crippen MR) is 115 cm³/mol. The van der Waals surface area contributed by atoms with E-state index in [1.807, 2.05) is 13.8 Å². The maximum absolute atomic E-state index is 12.9. The molecule has 180 valence electrons. The van der Waals surface area contributed by atoms with Gasteiger partial charge in [0.15, 0.2) is 0 Å². The molecule has 0 spiro atoms. The van der Waals surface area contributed by atoms with Crippen LogP contribution in [0, 0.1) is 0 Å². The van der Waals surface area contributed by atoms with Gasteiger partial charge in [0.25, 0.3) is 0 Å². The van der Waals surface area contributed by atoms with E-state index in [2.05, 4.69) is 5.32 Å². The summed E-state index contributed by atoms with van der Waals surface area (Å²) in [7, 11) is 0. The van der Waals surface area contributed by atoms with E-state index in [0.29, 0.717) is 19.4 Å². The molecule has 0 saturated heterocycles. The quantitative estimate of drug-likeness (QED) is 0.199. The van der Waals surface area contributed by atoms with Gasteiger partial charge in [-0.05, 0) is 26.7 Å². The molecule has 0 unspecified atom stereocenters. The zero-order valence-corrected chi connectivity index (χ0v) is 19.0. The van der Waals surface area contributed by atoms with Crippen molar-refractivity contribution < 1.29 is 29.4 Å². The zero-order chi connectivity index (χ0) is 24.1. The number of hydrogen-bond acceptors (Lipinski definition) is 7. The number of nitrogens with zero attached hydrogens (tertiary/aromatic N) is 2. The Morgan fingerprint density at radius 1 is 0.903 bits per heavy atom. The third-order valence-electron chi connectivity index (χ3n) is 4.80. The molecule has 0 radical (unpaired) electrons. The first-order valence-electron chi connectivity index (χ1n) is 10.7. The number of nitrogens with one attached hydrogen (secondary N) is 1. The summed E-state index contributed by atoms with van der Waals surface area (Å²) in [5.41, 5.74) is 10.9. The number of amides is 4. The molecule has 0 aliphatic rings. The van der Waals surface area contributed by atoms with Crippen LogP contribution in [0.5, 0.6) is 0 Å². The number of hydrogen-bond donors (Lipinski definition) is 5. The van der Waals surface area contributed by atoms with Crippen LogP contribution in [-0.2, 0) is 19.2 Å². The Morgan fingerprint density at radius 2 is 1.42 bits per heavy atom. The van der Waals surface area contributed by atoms with Gasteiger partial charge in [-0.3, -0.25) is 19.2 Å². The number of carbonyl (C=O) groups is 4. The van der Waals surface area contributed by atoms with E-state index in [4.69, 9.17) is 11.5 Å². The smallest absolute Gasteiger partial charge is 0.242 e. The van der Waals surface area contributed by atoms with E-state index in [0.717, 1.165) is 12.8 Å². The number of primary amides is 1. The molecule has 4 atom stereocenters. The predicted octanol–water partition coefficient (Wildman–Crippen LogP) is -1.70. The van der Waals surface area contributed by atoms with E-state index < -0.39 is 47.9 Å². The average Bonchev–Trinajstić information content (AvgIpc) is 2.70. The van der Waals surface area contributed by atoms with E-state index in [1.165, 1.54) is 23.6 Å². The summed E-state index contributed by atoms with van der Waals surface area (Å²) >= 11 is 0. The van der Waals surface area contributed by atoms with Crippen LogP contribution in [0.1, 0.15) is 53.4 Å². The van der Waals surface area contributed by atoms with Crippen molar-refractivity contribution in [1.29, 1.82) is 0 Å². The van der Waals surface area contributed by atoms with Crippen molar-refractivity contribution in [2.45, 2.75) is 77.7 Å². The molecule has 0 aromatic carbocycles. The van der Waals surface area contributed by atoms with Crippen molar-refractivity contribution in [3.8, 4) is 0 Å². The van der Waals surface area contributed by atoms with Crippen molar-refractivity contribution in [2.75, 3.05) is 26.2 Å². The maximum Gasteiger partial charge on any atom is 0.242 e. The van der Waals surface area contributed by atoms with Gasteiger partial charge in [-0.25, -0.2) is 0 Å². The van der Waals surface area contributed by atoms with Gasteiger partial charge in [0.1, 0.15) is 12.1 Å². The van der Waals surface area contributed by atoms with Gasteiger partial charge in [-0.15, -0.1) is 0 Å². The Balaban J connectivity index is 5.35. The Kier molecular flexibility index (Phi) is 13.6. The van der Waals surface area contributed by atoms with Gasteiger partial charge in [-0.2, -0.15) is 0 Å². The molecule has 0 bridgehead atoms. The van der Waals surface area contributed by atoms with Crippen molar-refractivity contribution >= 4 is 23.6 Å². The Bertz CT molecular complexity index is 599. The van der Waals surface area contributed by atoms with E-state index in [9.17, 15) is 29.4 Å². The summed E-state index contributed by atoms with van der Waals surface area (Å²) in [6.45, 7) is 6.51. The molecule has 0 fully saturated rings. The van der Waals surface area contributed by atoms with Crippen molar-refractivity contribution in [3.63, 3.8) is 0 Å². The van der Waals surface area contributed by atoms with Gasteiger partial charge in [-0.1, -0.05) is 26.7 Å². The second kappa shape index (κ2) is 14.7. The van der Waals surface area contributed by atoms with E-state index in [1.54, 1.807) is 0 Å². The number of aliphatic hydroxyl groups excluding tert-OH is 2. The molecule has 0 aliphatic carbocycles. The fourth-order valence-electron chi connectivity index (χ4n) is 2.76. The fraction of sp³-hybridized carbons (Fsp3) is 0.800. The number of unbranched alkanes of at least 4 members (excludes halogenated alkanes) is 2. The largest absolute Gasteiger partial charge is 0.391 e. The van der Waals surface area contributed by atoms with Gasteiger partial charge < -0.3 is 36.8 Å². The SMILES string of the molecule is CCCCN(CC(=O)N[C@H](C(N)=O)[C@@H](C)O)C(=O)CN(CCCC)C(=O)[C@@H](N)[C@@H](C)O. The van der Waals surface area contributed by atoms with Crippen molar-refractivity contribution in [2.24, 2.45) is 11.5 Å². The van der Waals surface area contributed by atoms with Crippen LogP contribution in [0.4, 0.5) is 0 Å². The van der Waals surface area contributed by atoms with E-state index in [-0.39, 0.29) is 19.6 Å². The van der Waals surface area contributed by atoms with Crippen LogP contribution >= 0.6 is 0 Å². The minimum Gasteiger partial charge on any atom is -0.391 e. The standard InChI is InChI=1S/C20H39N5O6/c1-5-7-9-24(11-15(28)23-18(14(4)27)19(22)30)16(29)12-25(10-8-6-2)20(31)17(21)13(3)26/h13-14,17-18,26-27H,5-12,21H2,1-4H3,(H2,22,30)(H,23,28)/t13-,14-,17+,18+/m1/s1. The van der Waals surface area contributed by atoms with Crippen LogP contribution in [-0.4, -0.2) is 94.1 Å². The molecular formula is C20H39N5O6. The Morgan fingerprint density at radius 3 is 1.84 bits per heavy atom. The molecule has 4 amide bonds. The lowest BCUT2D eigenvalue weighted by Crippen LogP contribution is -2.55. The van der Waals surface area contributed by atoms with Gasteiger partial charge in [0.2, 0.25) is 23.6 Å². The Hall–Kier alpha value is -2.24. The van der Waals surface area contributed by atoms with Crippen LogP contribution in [0.25, 0.3) is 0 Å². The van der Waals surface area contributed by atoms with Gasteiger partial charge >= 0.3 is 0 Å². The molecule has 11 nitrogen and oxygen atoms in total.